The molecule has 0 aromatic carbocycles. The van der Waals surface area contributed by atoms with Gasteiger partial charge in [-0.25, -0.2) is 0 Å². The number of amides is 1. The Hall–Kier alpha value is -1.53. The lowest BCUT2D eigenvalue weighted by Gasteiger charge is -2.04. The fourth-order valence-electron chi connectivity index (χ4n) is 1.51. The van der Waals surface area contributed by atoms with Gasteiger partial charge in [0, 0.05) is 29.6 Å². The van der Waals surface area contributed by atoms with E-state index in [1.165, 1.54) is 11.3 Å². The van der Waals surface area contributed by atoms with Crippen LogP contribution in [0.4, 0.5) is 0 Å². The first-order chi connectivity index (χ1) is 9.27. The van der Waals surface area contributed by atoms with Crippen molar-refractivity contribution in [2.24, 2.45) is 0 Å². The Balaban J connectivity index is 1.70. The molecule has 19 heavy (non-hydrogen) atoms. The normalized spacial score (nSPS) is 12.0. The molecule has 2 aromatic heterocycles. The SMILES string of the molecule is O=C(NCCCS(=O)c1ccncc1)c1cccs1. The Morgan fingerprint density at radius 1 is 1.32 bits per heavy atom. The number of carbonyl (C=O) groups excluding carboxylic acids is 1. The number of nitrogens with one attached hydrogen (secondary N) is 1. The van der Waals surface area contributed by atoms with Gasteiger partial charge in [0.1, 0.15) is 0 Å². The van der Waals surface area contributed by atoms with Gasteiger partial charge in [-0.05, 0) is 30.0 Å². The summed E-state index contributed by atoms with van der Waals surface area (Å²) in [6.07, 6.45) is 3.95. The smallest absolute Gasteiger partial charge is 0.261 e. The van der Waals surface area contributed by atoms with Crippen molar-refractivity contribution in [1.29, 1.82) is 0 Å². The number of aromatic nitrogens is 1. The van der Waals surface area contributed by atoms with Crippen molar-refractivity contribution in [1.82, 2.24) is 10.3 Å². The Labute approximate surface area is 118 Å². The molecule has 6 heteroatoms. The van der Waals surface area contributed by atoms with Crippen LogP contribution in [0.2, 0.25) is 0 Å². The summed E-state index contributed by atoms with van der Waals surface area (Å²) < 4.78 is 11.9. The topological polar surface area (TPSA) is 59.1 Å². The molecule has 2 heterocycles. The predicted octanol–water partition coefficient (Wildman–Crippen LogP) is 2.07. The van der Waals surface area contributed by atoms with E-state index in [4.69, 9.17) is 0 Å². The van der Waals surface area contributed by atoms with E-state index >= 15 is 0 Å². The fraction of sp³-hybridized carbons (Fsp3) is 0.231. The monoisotopic (exact) mass is 294 g/mol. The van der Waals surface area contributed by atoms with E-state index in [2.05, 4.69) is 10.3 Å². The minimum Gasteiger partial charge on any atom is -0.351 e. The molecular formula is C13H14N2O2S2. The molecule has 0 aliphatic heterocycles. The molecule has 0 saturated heterocycles. The molecule has 0 bridgehead atoms. The molecule has 100 valence electrons. The van der Waals surface area contributed by atoms with Crippen LogP contribution >= 0.6 is 11.3 Å². The molecule has 0 spiro atoms. The highest BCUT2D eigenvalue weighted by Gasteiger charge is 2.06. The molecule has 1 amide bonds. The summed E-state index contributed by atoms with van der Waals surface area (Å²) in [5, 5.41) is 4.69. The van der Waals surface area contributed by atoms with E-state index in [0.717, 1.165) is 4.90 Å². The van der Waals surface area contributed by atoms with Crippen LogP contribution in [0.1, 0.15) is 16.1 Å². The van der Waals surface area contributed by atoms with Gasteiger partial charge in [0.15, 0.2) is 0 Å². The molecule has 1 unspecified atom stereocenters. The standard InChI is InChI=1S/C13H14N2O2S2/c16-13(12-3-1-9-18-12)15-6-2-10-19(17)11-4-7-14-8-5-11/h1,3-5,7-9H,2,6,10H2,(H,15,16). The number of rotatable bonds is 6. The van der Waals surface area contributed by atoms with Crippen molar-refractivity contribution in [3.05, 3.63) is 46.9 Å². The lowest BCUT2D eigenvalue weighted by Crippen LogP contribution is -2.24. The summed E-state index contributed by atoms with van der Waals surface area (Å²) >= 11 is 1.41. The molecule has 0 fully saturated rings. The van der Waals surface area contributed by atoms with E-state index in [1.54, 1.807) is 30.6 Å². The van der Waals surface area contributed by atoms with Crippen molar-refractivity contribution in [3.8, 4) is 0 Å². The van der Waals surface area contributed by atoms with Gasteiger partial charge in [0.05, 0.1) is 15.7 Å². The van der Waals surface area contributed by atoms with Crippen LogP contribution in [-0.4, -0.2) is 27.4 Å². The zero-order chi connectivity index (χ0) is 13.5. The molecule has 0 saturated carbocycles. The first-order valence-corrected chi connectivity index (χ1v) is 8.07. The Morgan fingerprint density at radius 2 is 2.11 bits per heavy atom. The minimum absolute atomic E-state index is 0.0651. The maximum absolute atomic E-state index is 11.9. The van der Waals surface area contributed by atoms with Gasteiger partial charge in [0.2, 0.25) is 0 Å². The Morgan fingerprint density at radius 3 is 2.79 bits per heavy atom. The van der Waals surface area contributed by atoms with Crippen molar-refractivity contribution in [3.63, 3.8) is 0 Å². The third-order valence-electron chi connectivity index (χ3n) is 2.45. The first kappa shape index (κ1) is 13.9. The van der Waals surface area contributed by atoms with Gasteiger partial charge in [0.25, 0.3) is 5.91 Å². The highest BCUT2D eigenvalue weighted by molar-refractivity contribution is 7.85. The first-order valence-electron chi connectivity index (χ1n) is 5.87. The molecule has 2 aromatic rings. The van der Waals surface area contributed by atoms with E-state index in [-0.39, 0.29) is 5.91 Å². The predicted molar refractivity (Wildman–Crippen MR) is 76.8 cm³/mol. The molecule has 0 aliphatic carbocycles. The maximum Gasteiger partial charge on any atom is 0.261 e. The Kier molecular flexibility index (Phi) is 5.23. The van der Waals surface area contributed by atoms with Crippen molar-refractivity contribution >= 4 is 28.0 Å². The van der Waals surface area contributed by atoms with Crippen molar-refractivity contribution in [2.75, 3.05) is 12.3 Å². The summed E-state index contributed by atoms with van der Waals surface area (Å²) in [5.74, 6) is 0.471. The molecular weight excluding hydrogens is 280 g/mol. The highest BCUT2D eigenvalue weighted by Crippen LogP contribution is 2.08. The number of carbonyl (C=O) groups is 1. The van der Waals surface area contributed by atoms with Gasteiger partial charge in [-0.1, -0.05) is 6.07 Å². The molecule has 0 radical (unpaired) electrons. The lowest BCUT2D eigenvalue weighted by molar-refractivity contribution is 0.0958. The van der Waals surface area contributed by atoms with Crippen LogP contribution in [0.3, 0.4) is 0 Å². The van der Waals surface area contributed by atoms with E-state index < -0.39 is 10.8 Å². The van der Waals surface area contributed by atoms with E-state index in [1.807, 2.05) is 11.4 Å². The second-order valence-corrected chi connectivity index (χ2v) is 6.34. The fourth-order valence-corrected chi connectivity index (χ4v) is 3.22. The second kappa shape index (κ2) is 7.16. The van der Waals surface area contributed by atoms with Crippen molar-refractivity contribution in [2.45, 2.75) is 11.3 Å². The number of hydrogen-bond acceptors (Lipinski definition) is 4. The van der Waals surface area contributed by atoms with E-state index in [9.17, 15) is 9.00 Å². The van der Waals surface area contributed by atoms with Crippen LogP contribution < -0.4 is 5.32 Å². The van der Waals surface area contributed by atoms with Crippen LogP contribution in [0.25, 0.3) is 0 Å². The minimum atomic E-state index is -1.02. The van der Waals surface area contributed by atoms with Crippen LogP contribution in [0.15, 0.2) is 46.9 Å². The van der Waals surface area contributed by atoms with E-state index in [0.29, 0.717) is 23.6 Å². The Bertz CT molecular complexity index is 541. The van der Waals surface area contributed by atoms with Gasteiger partial charge in [-0.15, -0.1) is 11.3 Å². The van der Waals surface area contributed by atoms with Crippen LogP contribution in [0, 0.1) is 0 Å². The lowest BCUT2D eigenvalue weighted by atomic mass is 10.4. The third kappa shape index (κ3) is 4.25. The van der Waals surface area contributed by atoms with Gasteiger partial charge in [-0.2, -0.15) is 0 Å². The van der Waals surface area contributed by atoms with Gasteiger partial charge >= 0.3 is 0 Å². The molecule has 1 N–H and O–H groups in total. The molecule has 2 rings (SSSR count). The third-order valence-corrected chi connectivity index (χ3v) is 4.78. The number of thiophene rings is 1. The average molecular weight is 294 g/mol. The summed E-state index contributed by atoms with van der Waals surface area (Å²) in [6.45, 7) is 0.535. The van der Waals surface area contributed by atoms with Crippen LogP contribution in [0.5, 0.6) is 0 Å². The summed E-state index contributed by atoms with van der Waals surface area (Å²) in [5.41, 5.74) is 0. The summed E-state index contributed by atoms with van der Waals surface area (Å²) in [7, 11) is -1.02. The quantitative estimate of drug-likeness (QED) is 0.830. The largest absolute Gasteiger partial charge is 0.351 e. The number of nitrogens with zero attached hydrogens (tertiary/aromatic N) is 1. The average Bonchev–Trinajstić information content (AvgIpc) is 2.98. The number of hydrogen-bond donors (Lipinski definition) is 1. The maximum atomic E-state index is 11.9. The summed E-state index contributed by atoms with van der Waals surface area (Å²) in [4.78, 5) is 17.0. The molecule has 0 aliphatic rings. The zero-order valence-electron chi connectivity index (χ0n) is 10.2. The second-order valence-electron chi connectivity index (χ2n) is 3.82. The highest BCUT2D eigenvalue weighted by atomic mass is 32.2. The van der Waals surface area contributed by atoms with Gasteiger partial charge < -0.3 is 5.32 Å². The van der Waals surface area contributed by atoms with Crippen LogP contribution in [-0.2, 0) is 10.8 Å². The molecule has 4 nitrogen and oxygen atoms in total. The molecule has 1 atom stereocenters. The zero-order valence-corrected chi connectivity index (χ0v) is 11.9. The van der Waals surface area contributed by atoms with Gasteiger partial charge in [-0.3, -0.25) is 14.0 Å². The summed E-state index contributed by atoms with van der Waals surface area (Å²) in [6, 6.07) is 7.13. The number of pyridine rings is 1. The van der Waals surface area contributed by atoms with Crippen molar-refractivity contribution < 1.29 is 9.00 Å².